The molecule has 0 aromatic rings. The molecule has 0 saturated heterocycles. The van der Waals surface area contributed by atoms with Gasteiger partial charge in [-0.2, -0.15) is 0 Å². The molecule has 0 heterocycles. The van der Waals surface area contributed by atoms with Crippen LogP contribution in [0.15, 0.2) is 12.2 Å². The molecule has 0 rings (SSSR count). The average Bonchev–Trinajstić information content (AvgIpc) is 3.34. The van der Waals surface area contributed by atoms with Crippen LogP contribution >= 0.6 is 0 Å². The lowest BCUT2D eigenvalue weighted by atomic mass is 10.0. The zero-order valence-corrected chi connectivity index (χ0v) is 46.2. The summed E-state index contributed by atoms with van der Waals surface area (Å²) in [6, 6.07) is 0. The van der Waals surface area contributed by atoms with Gasteiger partial charge in [-0.05, 0) is 44.9 Å². The molecule has 0 saturated carbocycles. The van der Waals surface area contributed by atoms with E-state index < -0.39 is 6.10 Å². The fourth-order valence-electron chi connectivity index (χ4n) is 9.38. The molecule has 68 heavy (non-hydrogen) atoms. The number of rotatable bonds is 57. The van der Waals surface area contributed by atoms with Crippen molar-refractivity contribution in [3.8, 4) is 0 Å². The van der Waals surface area contributed by atoms with Crippen molar-refractivity contribution in [3.63, 3.8) is 0 Å². The first-order chi connectivity index (χ1) is 33.5. The van der Waals surface area contributed by atoms with Crippen LogP contribution in [-0.2, 0) is 28.6 Å². The largest absolute Gasteiger partial charge is 0.462 e. The summed E-state index contributed by atoms with van der Waals surface area (Å²) in [5.74, 6) is -0.857. The number of hydrogen-bond acceptors (Lipinski definition) is 6. The molecule has 402 valence electrons. The Kier molecular flexibility index (Phi) is 56.2. The van der Waals surface area contributed by atoms with Gasteiger partial charge in [-0.25, -0.2) is 0 Å². The molecule has 6 heteroatoms. The van der Waals surface area contributed by atoms with E-state index >= 15 is 0 Å². The van der Waals surface area contributed by atoms with Crippen LogP contribution in [0.25, 0.3) is 0 Å². The van der Waals surface area contributed by atoms with Crippen molar-refractivity contribution in [2.24, 2.45) is 0 Å². The molecule has 0 N–H and O–H groups in total. The maximum Gasteiger partial charge on any atom is 0.306 e. The monoisotopic (exact) mass is 959 g/mol. The van der Waals surface area contributed by atoms with Gasteiger partial charge in [0.2, 0.25) is 0 Å². The second-order valence-corrected chi connectivity index (χ2v) is 21.0. The number of ether oxygens (including phenoxy) is 3. The quantitative estimate of drug-likeness (QED) is 0.0262. The van der Waals surface area contributed by atoms with Crippen molar-refractivity contribution in [2.75, 3.05) is 13.2 Å². The maximum atomic E-state index is 12.8. The Morgan fingerprint density at radius 2 is 0.485 bits per heavy atom. The summed E-state index contributed by atoms with van der Waals surface area (Å²) < 4.78 is 16.8. The van der Waals surface area contributed by atoms with Crippen LogP contribution < -0.4 is 0 Å². The van der Waals surface area contributed by atoms with E-state index in [9.17, 15) is 14.4 Å². The van der Waals surface area contributed by atoms with Gasteiger partial charge in [0.25, 0.3) is 0 Å². The van der Waals surface area contributed by atoms with E-state index in [1.807, 2.05) is 0 Å². The number of esters is 3. The van der Waals surface area contributed by atoms with Gasteiger partial charge in [0.1, 0.15) is 13.2 Å². The van der Waals surface area contributed by atoms with Crippen LogP contribution in [0.1, 0.15) is 348 Å². The van der Waals surface area contributed by atoms with Gasteiger partial charge in [-0.3, -0.25) is 14.4 Å². The molecule has 0 radical (unpaired) electrons. The highest BCUT2D eigenvalue weighted by molar-refractivity contribution is 5.71. The second-order valence-electron chi connectivity index (χ2n) is 21.0. The summed E-state index contributed by atoms with van der Waals surface area (Å²) in [6.07, 6.45) is 66.7. The van der Waals surface area contributed by atoms with Crippen LogP contribution in [0.4, 0.5) is 0 Å². The van der Waals surface area contributed by atoms with E-state index in [-0.39, 0.29) is 31.1 Å². The highest BCUT2D eigenvalue weighted by Gasteiger charge is 2.19. The normalized spacial score (nSPS) is 12.0. The minimum atomic E-state index is -0.768. The molecule has 1 unspecified atom stereocenters. The lowest BCUT2D eigenvalue weighted by Gasteiger charge is -2.18. The smallest absolute Gasteiger partial charge is 0.306 e. The number of carbonyl (C=O) groups is 3. The van der Waals surface area contributed by atoms with Crippen molar-refractivity contribution < 1.29 is 28.6 Å². The van der Waals surface area contributed by atoms with Crippen LogP contribution in [0, 0.1) is 0 Å². The predicted molar refractivity (Wildman–Crippen MR) is 293 cm³/mol. The van der Waals surface area contributed by atoms with Gasteiger partial charge in [-0.15, -0.1) is 0 Å². The van der Waals surface area contributed by atoms with Gasteiger partial charge in [0, 0.05) is 19.3 Å². The summed E-state index contributed by atoms with van der Waals surface area (Å²) in [6.45, 7) is 6.66. The molecule has 0 aromatic carbocycles. The van der Waals surface area contributed by atoms with Gasteiger partial charge in [0.15, 0.2) is 6.10 Å². The average molecular weight is 960 g/mol. The molecule has 0 aliphatic heterocycles. The highest BCUT2D eigenvalue weighted by atomic mass is 16.6. The Labute approximate surface area is 424 Å². The zero-order chi connectivity index (χ0) is 49.3. The molecular weight excluding hydrogens is 841 g/mol. The van der Waals surface area contributed by atoms with Crippen molar-refractivity contribution in [2.45, 2.75) is 354 Å². The first-order valence-electron chi connectivity index (χ1n) is 30.7. The summed E-state index contributed by atoms with van der Waals surface area (Å²) >= 11 is 0. The van der Waals surface area contributed by atoms with Crippen molar-refractivity contribution >= 4 is 17.9 Å². The maximum absolute atomic E-state index is 12.8. The van der Waals surface area contributed by atoms with Crippen LogP contribution in [0.3, 0.4) is 0 Å². The Bertz CT molecular complexity index is 1060. The lowest BCUT2D eigenvalue weighted by molar-refractivity contribution is -0.167. The molecule has 0 amide bonds. The highest BCUT2D eigenvalue weighted by Crippen LogP contribution is 2.18. The Hall–Kier alpha value is -1.85. The van der Waals surface area contributed by atoms with Gasteiger partial charge in [0.05, 0.1) is 0 Å². The molecule has 0 aliphatic rings. The Morgan fingerprint density at radius 3 is 0.735 bits per heavy atom. The minimum Gasteiger partial charge on any atom is -0.462 e. The first-order valence-corrected chi connectivity index (χ1v) is 30.7. The summed E-state index contributed by atoms with van der Waals surface area (Å²) in [7, 11) is 0. The molecular formula is C62H118O6. The summed E-state index contributed by atoms with van der Waals surface area (Å²) in [4.78, 5) is 38.0. The number of unbranched alkanes of at least 4 members (excludes halogenated alkanes) is 44. The van der Waals surface area contributed by atoms with Crippen molar-refractivity contribution in [1.29, 1.82) is 0 Å². The molecule has 0 aromatic heterocycles. The third kappa shape index (κ3) is 55.1. The van der Waals surface area contributed by atoms with Crippen molar-refractivity contribution in [1.82, 2.24) is 0 Å². The third-order valence-corrected chi connectivity index (χ3v) is 14.0. The topological polar surface area (TPSA) is 78.9 Å². The van der Waals surface area contributed by atoms with E-state index in [1.165, 1.54) is 244 Å². The first kappa shape index (κ1) is 66.2. The van der Waals surface area contributed by atoms with E-state index in [1.54, 1.807) is 0 Å². The molecule has 0 aliphatic carbocycles. The van der Waals surface area contributed by atoms with Gasteiger partial charge < -0.3 is 14.2 Å². The van der Waals surface area contributed by atoms with Gasteiger partial charge >= 0.3 is 17.9 Å². The molecule has 1 atom stereocenters. The van der Waals surface area contributed by atoms with E-state index in [2.05, 4.69) is 32.9 Å². The van der Waals surface area contributed by atoms with E-state index in [4.69, 9.17) is 14.2 Å². The number of allylic oxidation sites excluding steroid dienone is 2. The SMILES string of the molecule is CCCCCCC/C=C\CCCCCCCC(=O)OC(COC(=O)CCCCCCCCCCC)COC(=O)CCCCCCCCCCCCCCCCCCCCCCCCCCCCC. The third-order valence-electron chi connectivity index (χ3n) is 14.0. The van der Waals surface area contributed by atoms with Crippen molar-refractivity contribution in [3.05, 3.63) is 12.2 Å². The molecule has 0 spiro atoms. The Morgan fingerprint density at radius 1 is 0.279 bits per heavy atom. The summed E-state index contributed by atoms with van der Waals surface area (Å²) in [5.41, 5.74) is 0. The fraction of sp³-hybridized carbons (Fsp3) is 0.919. The summed E-state index contributed by atoms with van der Waals surface area (Å²) in [5, 5.41) is 0. The Balaban J connectivity index is 4.07. The standard InChI is InChI=1S/C62H118O6/c1-4-7-10-13-16-19-21-23-25-26-27-28-29-30-31-32-33-34-35-36-37-39-40-43-46-49-52-55-61(64)67-58-59(57-66-60(63)54-51-48-45-42-18-15-12-9-6-3)68-62(65)56-53-50-47-44-41-38-24-22-20-17-14-11-8-5-2/h22,24,59H,4-21,23,25-58H2,1-3H3/b24-22-. The van der Waals surface area contributed by atoms with Crippen LogP contribution in [0.5, 0.6) is 0 Å². The number of hydrogen-bond donors (Lipinski definition) is 0. The zero-order valence-electron chi connectivity index (χ0n) is 46.2. The molecule has 6 nitrogen and oxygen atoms in total. The van der Waals surface area contributed by atoms with E-state index in [0.29, 0.717) is 19.3 Å². The predicted octanol–water partition coefficient (Wildman–Crippen LogP) is 20.5. The second kappa shape index (κ2) is 57.7. The molecule has 0 bridgehead atoms. The fourth-order valence-corrected chi connectivity index (χ4v) is 9.38. The van der Waals surface area contributed by atoms with Gasteiger partial charge in [-0.1, -0.05) is 296 Å². The number of carbonyl (C=O) groups excluding carboxylic acids is 3. The van der Waals surface area contributed by atoms with Crippen LogP contribution in [0.2, 0.25) is 0 Å². The van der Waals surface area contributed by atoms with Crippen LogP contribution in [-0.4, -0.2) is 37.2 Å². The van der Waals surface area contributed by atoms with E-state index in [0.717, 1.165) is 64.2 Å². The molecule has 0 fully saturated rings. The minimum absolute atomic E-state index is 0.0678. The lowest BCUT2D eigenvalue weighted by Crippen LogP contribution is -2.30.